The fourth-order valence-electron chi connectivity index (χ4n) is 0.857. The summed E-state index contributed by atoms with van der Waals surface area (Å²) in [6.45, 7) is 0. The molecule has 78 valence electrons. The first-order valence-corrected chi connectivity index (χ1v) is 6.16. The molecule has 0 heterocycles. The summed E-state index contributed by atoms with van der Waals surface area (Å²) in [5, 5.41) is 0.423. The molecule has 0 atom stereocenters. The molecular formula is C7H8Cl2N2O2S. The van der Waals surface area contributed by atoms with E-state index in [4.69, 9.17) is 28.9 Å². The molecule has 1 aromatic rings. The van der Waals surface area contributed by atoms with Crippen LogP contribution in [0.3, 0.4) is 0 Å². The average molecular weight is 255 g/mol. The van der Waals surface area contributed by atoms with Crippen LogP contribution in [-0.4, -0.2) is 14.7 Å². The van der Waals surface area contributed by atoms with Gasteiger partial charge in [-0.2, -0.15) is 0 Å². The zero-order valence-electron chi connectivity index (χ0n) is 7.21. The Morgan fingerprint density at radius 2 is 1.71 bits per heavy atom. The van der Waals surface area contributed by atoms with Crippen LogP contribution in [0.1, 0.15) is 0 Å². The van der Waals surface area contributed by atoms with Crippen molar-refractivity contribution in [3.05, 3.63) is 22.2 Å². The van der Waals surface area contributed by atoms with Gasteiger partial charge in [0.15, 0.2) is 0 Å². The summed E-state index contributed by atoms with van der Waals surface area (Å²) in [6, 6.07) is 2.79. The summed E-state index contributed by atoms with van der Waals surface area (Å²) in [5.74, 6) is 0. The third-order valence-corrected chi connectivity index (χ3v) is 2.61. The van der Waals surface area contributed by atoms with Crippen molar-refractivity contribution in [2.45, 2.75) is 0 Å². The maximum Gasteiger partial charge on any atom is 0.229 e. The van der Waals surface area contributed by atoms with E-state index in [2.05, 4.69) is 4.72 Å². The molecule has 0 unspecified atom stereocenters. The van der Waals surface area contributed by atoms with Gasteiger partial charge in [0.05, 0.1) is 27.7 Å². The molecule has 3 N–H and O–H groups in total. The SMILES string of the molecule is CS(=O)(=O)Nc1cc(Cl)c(N)c(Cl)c1. The molecule has 0 aliphatic carbocycles. The van der Waals surface area contributed by atoms with Gasteiger partial charge in [0.2, 0.25) is 10.0 Å². The van der Waals surface area contributed by atoms with E-state index < -0.39 is 10.0 Å². The predicted molar refractivity (Wildman–Crippen MR) is 59.3 cm³/mol. The summed E-state index contributed by atoms with van der Waals surface area (Å²) in [6.07, 6.45) is 1.03. The number of benzene rings is 1. The standard InChI is InChI=1S/C7H8Cl2N2O2S/c1-14(12,13)11-4-2-5(8)7(10)6(9)3-4/h2-3,11H,10H2,1H3. The third-order valence-electron chi connectivity index (χ3n) is 1.38. The van der Waals surface area contributed by atoms with E-state index in [1.807, 2.05) is 0 Å². The van der Waals surface area contributed by atoms with Crippen LogP contribution in [0.2, 0.25) is 10.0 Å². The van der Waals surface area contributed by atoms with Gasteiger partial charge in [-0.25, -0.2) is 8.42 Å². The van der Waals surface area contributed by atoms with E-state index in [1.54, 1.807) is 0 Å². The molecule has 1 aromatic carbocycles. The minimum atomic E-state index is -3.33. The first-order valence-electron chi connectivity index (χ1n) is 3.52. The zero-order chi connectivity index (χ0) is 10.9. The van der Waals surface area contributed by atoms with Gasteiger partial charge in [-0.1, -0.05) is 23.2 Å². The smallest absolute Gasteiger partial charge is 0.229 e. The van der Waals surface area contributed by atoms with Crippen LogP contribution in [-0.2, 0) is 10.0 Å². The van der Waals surface area contributed by atoms with Gasteiger partial charge in [0.25, 0.3) is 0 Å². The van der Waals surface area contributed by atoms with Crippen LogP contribution in [0.25, 0.3) is 0 Å². The predicted octanol–water partition coefficient (Wildman–Crippen LogP) is 1.95. The van der Waals surface area contributed by atoms with Crippen molar-refractivity contribution in [3.8, 4) is 0 Å². The van der Waals surface area contributed by atoms with Crippen molar-refractivity contribution >= 4 is 44.6 Å². The van der Waals surface area contributed by atoms with Gasteiger partial charge in [-0.05, 0) is 12.1 Å². The molecule has 0 aromatic heterocycles. The van der Waals surface area contributed by atoms with Crippen molar-refractivity contribution in [2.24, 2.45) is 0 Å². The number of hydrogen-bond acceptors (Lipinski definition) is 3. The lowest BCUT2D eigenvalue weighted by Crippen LogP contribution is -2.09. The van der Waals surface area contributed by atoms with Gasteiger partial charge in [-0.3, -0.25) is 4.72 Å². The lowest BCUT2D eigenvalue weighted by Gasteiger charge is -2.07. The molecular weight excluding hydrogens is 247 g/mol. The first kappa shape index (κ1) is 11.4. The van der Waals surface area contributed by atoms with E-state index in [9.17, 15) is 8.42 Å². The molecule has 4 nitrogen and oxygen atoms in total. The molecule has 0 spiro atoms. The lowest BCUT2D eigenvalue weighted by atomic mass is 10.3. The van der Waals surface area contributed by atoms with Crippen molar-refractivity contribution in [1.82, 2.24) is 0 Å². The van der Waals surface area contributed by atoms with Crippen molar-refractivity contribution < 1.29 is 8.42 Å². The minimum absolute atomic E-state index is 0.212. The number of sulfonamides is 1. The maximum absolute atomic E-state index is 10.9. The minimum Gasteiger partial charge on any atom is -0.396 e. The van der Waals surface area contributed by atoms with Gasteiger partial charge >= 0.3 is 0 Å². The number of nitrogens with two attached hydrogens (primary N) is 1. The molecule has 0 amide bonds. The number of rotatable bonds is 2. The van der Waals surface area contributed by atoms with Gasteiger partial charge in [-0.15, -0.1) is 0 Å². The van der Waals surface area contributed by atoms with Crippen LogP contribution in [0.15, 0.2) is 12.1 Å². The molecule has 0 aliphatic heterocycles. The lowest BCUT2D eigenvalue weighted by molar-refractivity contribution is 0.607. The van der Waals surface area contributed by atoms with Gasteiger partial charge < -0.3 is 5.73 Å². The highest BCUT2D eigenvalue weighted by Gasteiger charge is 2.07. The Kier molecular flexibility index (Phi) is 3.14. The molecule has 0 radical (unpaired) electrons. The number of anilines is 2. The first-order chi connectivity index (χ1) is 6.29. The summed E-state index contributed by atoms with van der Waals surface area (Å²) >= 11 is 11.4. The normalized spacial score (nSPS) is 11.4. The number of hydrogen-bond donors (Lipinski definition) is 2. The summed E-state index contributed by atoms with van der Waals surface area (Å²) < 4.78 is 24.0. The topological polar surface area (TPSA) is 72.2 Å². The van der Waals surface area contributed by atoms with Crippen molar-refractivity contribution in [2.75, 3.05) is 16.7 Å². The molecule has 14 heavy (non-hydrogen) atoms. The molecule has 1 rings (SSSR count). The highest BCUT2D eigenvalue weighted by molar-refractivity contribution is 7.92. The van der Waals surface area contributed by atoms with E-state index >= 15 is 0 Å². The van der Waals surface area contributed by atoms with Crippen molar-refractivity contribution in [3.63, 3.8) is 0 Å². The number of nitrogen functional groups attached to an aromatic ring is 1. The Morgan fingerprint density at radius 1 is 1.29 bits per heavy atom. The second kappa shape index (κ2) is 3.84. The largest absolute Gasteiger partial charge is 0.396 e. The molecule has 0 fully saturated rings. The fourth-order valence-corrected chi connectivity index (χ4v) is 1.89. The Hall–Kier alpha value is -0.650. The Balaban J connectivity index is 3.14. The molecule has 0 aliphatic rings. The van der Waals surface area contributed by atoms with E-state index in [0.29, 0.717) is 0 Å². The molecule has 7 heteroatoms. The van der Waals surface area contributed by atoms with Crippen LogP contribution in [0.4, 0.5) is 11.4 Å². The van der Waals surface area contributed by atoms with Gasteiger partial charge in [0, 0.05) is 0 Å². The fraction of sp³-hybridized carbons (Fsp3) is 0.143. The number of nitrogens with one attached hydrogen (secondary N) is 1. The Labute approximate surface area is 92.1 Å². The van der Waals surface area contributed by atoms with Crippen molar-refractivity contribution in [1.29, 1.82) is 0 Å². The quantitative estimate of drug-likeness (QED) is 0.793. The van der Waals surface area contributed by atoms with Crippen LogP contribution >= 0.6 is 23.2 Å². The van der Waals surface area contributed by atoms with Gasteiger partial charge in [0.1, 0.15) is 0 Å². The highest BCUT2D eigenvalue weighted by Crippen LogP contribution is 2.31. The number of halogens is 2. The van der Waals surface area contributed by atoms with Crippen LogP contribution in [0, 0.1) is 0 Å². The van der Waals surface area contributed by atoms with Crippen LogP contribution in [0.5, 0.6) is 0 Å². The maximum atomic E-state index is 10.9. The second-order valence-corrected chi connectivity index (χ2v) is 5.29. The molecule has 0 saturated heterocycles. The highest BCUT2D eigenvalue weighted by atomic mass is 35.5. The van der Waals surface area contributed by atoms with E-state index in [0.717, 1.165) is 6.26 Å². The molecule has 0 saturated carbocycles. The summed E-state index contributed by atoms with van der Waals surface area (Å²) in [5.41, 5.74) is 5.99. The van der Waals surface area contributed by atoms with E-state index in [-0.39, 0.29) is 21.4 Å². The Bertz CT molecular complexity index is 436. The third kappa shape index (κ3) is 2.94. The average Bonchev–Trinajstić information content (AvgIpc) is 1.96. The zero-order valence-corrected chi connectivity index (χ0v) is 9.54. The van der Waals surface area contributed by atoms with Crippen LogP contribution < -0.4 is 10.5 Å². The van der Waals surface area contributed by atoms with E-state index in [1.165, 1.54) is 12.1 Å². The second-order valence-electron chi connectivity index (χ2n) is 2.73. The molecule has 0 bridgehead atoms. The Morgan fingerprint density at radius 3 is 2.07 bits per heavy atom. The summed E-state index contributed by atoms with van der Waals surface area (Å²) in [4.78, 5) is 0. The monoisotopic (exact) mass is 254 g/mol. The summed E-state index contributed by atoms with van der Waals surface area (Å²) in [7, 11) is -3.33.